The minimum absolute atomic E-state index is 0.0658. The predicted molar refractivity (Wildman–Crippen MR) is 128 cm³/mol. The van der Waals surface area contributed by atoms with Crippen LogP contribution >= 0.6 is 11.8 Å². The SMILES string of the molecule is Cc1cccc(NC(=O)CSC2=NC(=Cc3ccccc3)C(=O)N2c2ccc(F)cc2)c1. The first kappa shape index (κ1) is 21.5. The van der Waals surface area contributed by atoms with E-state index in [0.717, 1.165) is 22.9 Å². The molecule has 7 heteroatoms. The summed E-state index contributed by atoms with van der Waals surface area (Å²) in [5, 5.41) is 3.21. The van der Waals surface area contributed by atoms with Crippen molar-refractivity contribution >= 4 is 46.2 Å². The van der Waals surface area contributed by atoms with Crippen LogP contribution in [0.5, 0.6) is 0 Å². The zero-order valence-corrected chi connectivity index (χ0v) is 18.1. The van der Waals surface area contributed by atoms with Gasteiger partial charge in [-0.25, -0.2) is 9.38 Å². The van der Waals surface area contributed by atoms with Crippen LogP contribution in [0.3, 0.4) is 0 Å². The van der Waals surface area contributed by atoms with E-state index in [0.29, 0.717) is 16.5 Å². The fourth-order valence-corrected chi connectivity index (χ4v) is 3.98. The van der Waals surface area contributed by atoms with Gasteiger partial charge in [-0.1, -0.05) is 54.2 Å². The second kappa shape index (κ2) is 9.62. The van der Waals surface area contributed by atoms with E-state index in [1.165, 1.54) is 29.2 Å². The molecule has 1 aliphatic rings. The normalized spacial score (nSPS) is 14.6. The lowest BCUT2D eigenvalue weighted by molar-refractivity contribution is -0.114. The monoisotopic (exact) mass is 445 g/mol. The second-order valence-electron chi connectivity index (χ2n) is 7.16. The molecule has 0 aromatic heterocycles. The van der Waals surface area contributed by atoms with E-state index in [9.17, 15) is 14.0 Å². The van der Waals surface area contributed by atoms with Gasteiger partial charge < -0.3 is 5.32 Å². The number of carbonyl (C=O) groups excluding carboxylic acids is 2. The van der Waals surface area contributed by atoms with Gasteiger partial charge in [0.15, 0.2) is 5.17 Å². The molecule has 1 aliphatic heterocycles. The van der Waals surface area contributed by atoms with Gasteiger partial charge in [0, 0.05) is 5.69 Å². The number of nitrogens with zero attached hydrogens (tertiary/aromatic N) is 2. The van der Waals surface area contributed by atoms with Gasteiger partial charge in [0.25, 0.3) is 5.91 Å². The van der Waals surface area contributed by atoms with Crippen LogP contribution in [0.1, 0.15) is 11.1 Å². The number of anilines is 2. The van der Waals surface area contributed by atoms with Crippen molar-refractivity contribution in [2.75, 3.05) is 16.0 Å². The summed E-state index contributed by atoms with van der Waals surface area (Å²) in [7, 11) is 0. The number of carbonyl (C=O) groups is 2. The quantitative estimate of drug-likeness (QED) is 0.546. The van der Waals surface area contributed by atoms with Gasteiger partial charge in [-0.3, -0.25) is 14.5 Å². The van der Waals surface area contributed by atoms with Crippen molar-refractivity contribution in [2.45, 2.75) is 6.92 Å². The Morgan fingerprint density at radius 2 is 1.81 bits per heavy atom. The molecule has 0 spiro atoms. The van der Waals surface area contributed by atoms with Gasteiger partial charge in [0.05, 0.1) is 11.4 Å². The van der Waals surface area contributed by atoms with Crippen molar-refractivity contribution in [1.29, 1.82) is 0 Å². The number of nitrogens with one attached hydrogen (secondary N) is 1. The number of hydrogen-bond donors (Lipinski definition) is 1. The number of amidine groups is 1. The summed E-state index contributed by atoms with van der Waals surface area (Å²) < 4.78 is 13.4. The minimum Gasteiger partial charge on any atom is -0.325 e. The fourth-order valence-electron chi connectivity index (χ4n) is 3.17. The number of rotatable bonds is 5. The van der Waals surface area contributed by atoms with E-state index in [4.69, 9.17) is 0 Å². The molecule has 2 amide bonds. The van der Waals surface area contributed by atoms with Crippen LogP contribution in [-0.2, 0) is 9.59 Å². The zero-order valence-electron chi connectivity index (χ0n) is 17.3. The molecule has 0 fully saturated rings. The molecule has 3 aromatic carbocycles. The van der Waals surface area contributed by atoms with Gasteiger partial charge in [-0.15, -0.1) is 0 Å². The molecule has 3 aromatic rings. The highest BCUT2D eigenvalue weighted by atomic mass is 32.2. The summed E-state index contributed by atoms with van der Waals surface area (Å²) in [5.41, 5.74) is 3.32. The van der Waals surface area contributed by atoms with Crippen molar-refractivity contribution in [1.82, 2.24) is 0 Å². The first-order valence-corrected chi connectivity index (χ1v) is 10.9. The van der Waals surface area contributed by atoms with E-state index in [-0.39, 0.29) is 23.3 Å². The van der Waals surface area contributed by atoms with Crippen molar-refractivity contribution in [3.63, 3.8) is 0 Å². The maximum atomic E-state index is 13.4. The van der Waals surface area contributed by atoms with Gasteiger partial charge >= 0.3 is 0 Å². The average Bonchev–Trinajstić information content (AvgIpc) is 3.09. The van der Waals surface area contributed by atoms with E-state index < -0.39 is 5.82 Å². The summed E-state index contributed by atoms with van der Waals surface area (Å²) in [6.45, 7) is 1.95. The third-order valence-corrected chi connectivity index (χ3v) is 5.59. The van der Waals surface area contributed by atoms with E-state index in [1.807, 2.05) is 61.5 Å². The standard InChI is InChI=1S/C25H20FN3O2S/c1-17-6-5-9-20(14-17)27-23(30)16-32-25-28-22(15-18-7-3-2-4-8-18)24(31)29(25)21-12-10-19(26)11-13-21/h2-15H,16H2,1H3,(H,27,30). The summed E-state index contributed by atoms with van der Waals surface area (Å²) in [5.74, 6) is -0.877. The Morgan fingerprint density at radius 1 is 1.06 bits per heavy atom. The third kappa shape index (κ3) is 5.12. The van der Waals surface area contributed by atoms with Gasteiger partial charge in [0.1, 0.15) is 11.5 Å². The molecule has 0 saturated heterocycles. The van der Waals surface area contributed by atoms with Gasteiger partial charge in [0.2, 0.25) is 5.91 Å². The zero-order chi connectivity index (χ0) is 22.5. The maximum absolute atomic E-state index is 13.4. The Hall–Kier alpha value is -3.71. The molecule has 5 nitrogen and oxygen atoms in total. The average molecular weight is 446 g/mol. The molecule has 160 valence electrons. The number of benzene rings is 3. The lowest BCUT2D eigenvalue weighted by Gasteiger charge is -2.17. The minimum atomic E-state index is -0.399. The molecule has 1 heterocycles. The largest absolute Gasteiger partial charge is 0.325 e. The summed E-state index contributed by atoms with van der Waals surface area (Å²) in [4.78, 5) is 31.5. The lowest BCUT2D eigenvalue weighted by atomic mass is 10.2. The Kier molecular flexibility index (Phi) is 6.47. The number of thioether (sulfide) groups is 1. The molecule has 0 atom stereocenters. The Labute approximate surface area is 189 Å². The molecule has 0 bridgehead atoms. The maximum Gasteiger partial charge on any atom is 0.283 e. The van der Waals surface area contributed by atoms with Crippen LogP contribution < -0.4 is 10.2 Å². The number of aliphatic imine (C=N–C) groups is 1. The molecular weight excluding hydrogens is 425 g/mol. The molecular formula is C25H20FN3O2S. The second-order valence-corrected chi connectivity index (χ2v) is 8.10. The first-order valence-electron chi connectivity index (χ1n) is 9.94. The molecule has 0 saturated carbocycles. The van der Waals surface area contributed by atoms with Crippen LogP contribution in [0, 0.1) is 12.7 Å². The fraction of sp³-hybridized carbons (Fsp3) is 0.0800. The molecule has 32 heavy (non-hydrogen) atoms. The van der Waals surface area contributed by atoms with E-state index >= 15 is 0 Å². The predicted octanol–water partition coefficient (Wildman–Crippen LogP) is 5.25. The Bertz CT molecular complexity index is 1210. The number of halogens is 1. The summed E-state index contributed by atoms with van der Waals surface area (Å²) in [6.07, 6.45) is 1.69. The van der Waals surface area contributed by atoms with Crippen LogP contribution in [0.2, 0.25) is 0 Å². The molecule has 0 radical (unpaired) electrons. The van der Waals surface area contributed by atoms with Gasteiger partial charge in [-0.2, -0.15) is 0 Å². The highest BCUT2D eigenvalue weighted by Crippen LogP contribution is 2.29. The molecule has 0 unspecified atom stereocenters. The van der Waals surface area contributed by atoms with Crippen molar-refractivity contribution in [3.05, 3.63) is 102 Å². The van der Waals surface area contributed by atoms with E-state index in [2.05, 4.69) is 10.3 Å². The topological polar surface area (TPSA) is 61.8 Å². The summed E-state index contributed by atoms with van der Waals surface area (Å²) >= 11 is 1.15. The number of hydrogen-bond acceptors (Lipinski definition) is 4. The third-order valence-electron chi connectivity index (χ3n) is 4.65. The Morgan fingerprint density at radius 3 is 2.53 bits per heavy atom. The van der Waals surface area contributed by atoms with Crippen LogP contribution in [0.15, 0.2) is 89.6 Å². The molecule has 4 rings (SSSR count). The first-order chi connectivity index (χ1) is 15.5. The lowest BCUT2D eigenvalue weighted by Crippen LogP contribution is -2.31. The van der Waals surface area contributed by atoms with Crippen LogP contribution in [0.4, 0.5) is 15.8 Å². The van der Waals surface area contributed by atoms with Crippen LogP contribution in [-0.4, -0.2) is 22.7 Å². The van der Waals surface area contributed by atoms with Crippen LogP contribution in [0.25, 0.3) is 6.08 Å². The molecule has 0 aliphatic carbocycles. The highest BCUT2D eigenvalue weighted by Gasteiger charge is 2.32. The highest BCUT2D eigenvalue weighted by molar-refractivity contribution is 8.14. The smallest absolute Gasteiger partial charge is 0.283 e. The molecule has 1 N–H and O–H groups in total. The van der Waals surface area contributed by atoms with E-state index in [1.54, 1.807) is 6.08 Å². The summed E-state index contributed by atoms with van der Waals surface area (Å²) in [6, 6.07) is 22.5. The Balaban J connectivity index is 1.56. The van der Waals surface area contributed by atoms with Crippen molar-refractivity contribution < 1.29 is 14.0 Å². The van der Waals surface area contributed by atoms with Gasteiger partial charge in [-0.05, 0) is 60.5 Å². The number of aryl methyl sites for hydroxylation is 1. The van der Waals surface area contributed by atoms with Crippen molar-refractivity contribution in [3.8, 4) is 0 Å². The number of amides is 2. The van der Waals surface area contributed by atoms with Crippen molar-refractivity contribution in [2.24, 2.45) is 4.99 Å².